The smallest absolute Gasteiger partial charge is 0.235 e. The van der Waals surface area contributed by atoms with E-state index in [1.165, 1.54) is 0 Å². The van der Waals surface area contributed by atoms with Crippen LogP contribution in [-0.2, 0) is 6.61 Å². The maximum Gasteiger partial charge on any atom is 0.235 e. The van der Waals surface area contributed by atoms with Gasteiger partial charge in [-0.3, -0.25) is 4.79 Å². The quantitative estimate of drug-likeness (QED) is 0.377. The first-order valence-electron chi connectivity index (χ1n) is 8.72. The molecule has 0 N–H and O–H groups in total. The van der Waals surface area contributed by atoms with Gasteiger partial charge in [-0.2, -0.15) is 0 Å². The summed E-state index contributed by atoms with van der Waals surface area (Å²) in [5, 5.41) is 1.44. The van der Waals surface area contributed by atoms with Crippen molar-refractivity contribution in [3.05, 3.63) is 98.1 Å². The van der Waals surface area contributed by atoms with Crippen LogP contribution in [-0.4, -0.2) is 0 Å². The summed E-state index contributed by atoms with van der Waals surface area (Å²) in [4.78, 5) is 13.2. The van der Waals surface area contributed by atoms with Crippen molar-refractivity contribution >= 4 is 34.2 Å². The van der Waals surface area contributed by atoms with E-state index in [4.69, 9.17) is 32.4 Å². The summed E-state index contributed by atoms with van der Waals surface area (Å²) in [6.07, 6.45) is 0. The molecule has 4 aromatic rings. The van der Waals surface area contributed by atoms with Gasteiger partial charge in [-0.1, -0.05) is 53.0 Å². The molecule has 0 atom stereocenters. The molecule has 28 heavy (non-hydrogen) atoms. The number of ether oxygens (including phenoxy) is 1. The molecule has 1 heterocycles. The fraction of sp³-hybridized carbons (Fsp3) is 0.0870. The molecule has 5 heteroatoms. The van der Waals surface area contributed by atoms with E-state index < -0.39 is 0 Å². The van der Waals surface area contributed by atoms with Crippen LogP contribution in [0.15, 0.2) is 75.9 Å². The van der Waals surface area contributed by atoms with E-state index in [0.29, 0.717) is 32.3 Å². The lowest BCUT2D eigenvalue weighted by Crippen LogP contribution is -2.10. The number of hydrogen-bond acceptors (Lipinski definition) is 3. The topological polar surface area (TPSA) is 39.4 Å². The Bertz CT molecular complexity index is 1210. The van der Waals surface area contributed by atoms with Crippen LogP contribution in [0.2, 0.25) is 10.0 Å². The van der Waals surface area contributed by atoms with Gasteiger partial charge in [0.25, 0.3) is 0 Å². The molecule has 3 nitrogen and oxygen atoms in total. The first-order chi connectivity index (χ1) is 13.5. The van der Waals surface area contributed by atoms with Crippen LogP contribution in [0.25, 0.3) is 22.3 Å². The summed E-state index contributed by atoms with van der Waals surface area (Å²) in [6.45, 7) is 2.26. The maximum atomic E-state index is 13.2. The average molecular weight is 411 g/mol. The van der Waals surface area contributed by atoms with Crippen molar-refractivity contribution < 1.29 is 9.15 Å². The minimum absolute atomic E-state index is 0.151. The van der Waals surface area contributed by atoms with Gasteiger partial charge in [0.2, 0.25) is 11.2 Å². The highest BCUT2D eigenvalue weighted by Crippen LogP contribution is 2.32. The van der Waals surface area contributed by atoms with Gasteiger partial charge in [0.05, 0.1) is 5.39 Å². The minimum Gasteiger partial charge on any atom is -0.481 e. The van der Waals surface area contributed by atoms with E-state index in [9.17, 15) is 4.79 Å². The lowest BCUT2D eigenvalue weighted by atomic mass is 10.1. The van der Waals surface area contributed by atoms with Crippen LogP contribution in [0.3, 0.4) is 0 Å². The summed E-state index contributed by atoms with van der Waals surface area (Å²) < 4.78 is 12.0. The largest absolute Gasteiger partial charge is 0.481 e. The molecule has 1 aromatic heterocycles. The molecule has 0 aliphatic rings. The number of hydrogen-bond donors (Lipinski definition) is 0. The molecule has 4 rings (SSSR count). The van der Waals surface area contributed by atoms with Gasteiger partial charge in [0.15, 0.2) is 5.76 Å². The second kappa shape index (κ2) is 7.70. The first-order valence-corrected chi connectivity index (χ1v) is 9.47. The summed E-state index contributed by atoms with van der Waals surface area (Å²) in [7, 11) is 0. The van der Waals surface area contributed by atoms with Crippen molar-refractivity contribution in [2.24, 2.45) is 0 Å². The van der Waals surface area contributed by atoms with E-state index in [2.05, 4.69) is 0 Å². The molecular formula is C23H16Cl2O3. The van der Waals surface area contributed by atoms with Crippen LogP contribution >= 0.6 is 23.2 Å². The highest BCUT2D eigenvalue weighted by molar-refractivity contribution is 6.31. The third-order valence-corrected chi connectivity index (χ3v) is 4.87. The highest BCUT2D eigenvalue weighted by Gasteiger charge is 2.18. The highest BCUT2D eigenvalue weighted by atomic mass is 35.5. The van der Waals surface area contributed by atoms with E-state index in [0.717, 1.165) is 11.1 Å². The van der Waals surface area contributed by atoms with Crippen LogP contribution < -0.4 is 10.2 Å². The number of aryl methyl sites for hydroxylation is 1. The zero-order chi connectivity index (χ0) is 19.7. The Hall–Kier alpha value is -2.75. The molecule has 0 aliphatic heterocycles. The van der Waals surface area contributed by atoms with Crippen LogP contribution in [0.1, 0.15) is 11.1 Å². The van der Waals surface area contributed by atoms with Crippen LogP contribution in [0.5, 0.6) is 5.75 Å². The van der Waals surface area contributed by atoms with Gasteiger partial charge in [-0.05, 0) is 55.0 Å². The Kier molecular flexibility index (Phi) is 5.12. The molecule has 0 aliphatic carbocycles. The lowest BCUT2D eigenvalue weighted by Gasteiger charge is -2.12. The Morgan fingerprint density at radius 3 is 2.43 bits per heavy atom. The van der Waals surface area contributed by atoms with Crippen molar-refractivity contribution in [3.63, 3.8) is 0 Å². The predicted molar refractivity (Wildman–Crippen MR) is 113 cm³/mol. The van der Waals surface area contributed by atoms with Gasteiger partial charge in [0, 0.05) is 15.6 Å². The first kappa shape index (κ1) is 18.6. The standard InChI is InChI=1S/C23H16Cl2O3/c1-14-3-2-4-15(11-14)13-27-23-21(26)19-12-18(25)9-10-20(19)28-22(23)16-5-7-17(24)8-6-16/h2-12H,13H2,1H3. The molecule has 3 aromatic carbocycles. The Morgan fingerprint density at radius 2 is 1.68 bits per heavy atom. The SMILES string of the molecule is Cc1cccc(COc2c(-c3ccc(Cl)cc3)oc3ccc(Cl)cc3c2=O)c1. The monoisotopic (exact) mass is 410 g/mol. The molecular weight excluding hydrogens is 395 g/mol. The van der Waals surface area contributed by atoms with Crippen molar-refractivity contribution in [1.29, 1.82) is 0 Å². The lowest BCUT2D eigenvalue weighted by molar-refractivity contribution is 0.298. The number of rotatable bonds is 4. The maximum absolute atomic E-state index is 13.2. The third kappa shape index (κ3) is 3.77. The average Bonchev–Trinajstić information content (AvgIpc) is 2.68. The molecule has 0 fully saturated rings. The zero-order valence-corrected chi connectivity index (χ0v) is 16.6. The van der Waals surface area contributed by atoms with Crippen molar-refractivity contribution in [2.75, 3.05) is 0 Å². The Morgan fingerprint density at radius 1 is 0.929 bits per heavy atom. The Balaban J connectivity index is 1.85. The number of fused-ring (bicyclic) bond motifs is 1. The molecule has 0 unspecified atom stereocenters. The van der Waals surface area contributed by atoms with E-state index in [-0.39, 0.29) is 17.8 Å². The van der Waals surface area contributed by atoms with Crippen molar-refractivity contribution in [1.82, 2.24) is 0 Å². The minimum atomic E-state index is -0.263. The molecule has 0 amide bonds. The van der Waals surface area contributed by atoms with Gasteiger partial charge >= 0.3 is 0 Å². The molecule has 0 radical (unpaired) electrons. The fourth-order valence-corrected chi connectivity index (χ4v) is 3.33. The second-order valence-corrected chi connectivity index (χ2v) is 7.39. The normalized spacial score (nSPS) is 11.0. The second-order valence-electron chi connectivity index (χ2n) is 6.51. The summed E-state index contributed by atoms with van der Waals surface area (Å²) in [6, 6.07) is 20.0. The molecule has 0 saturated carbocycles. The van der Waals surface area contributed by atoms with E-state index >= 15 is 0 Å². The predicted octanol–water partition coefficient (Wildman–Crippen LogP) is 6.65. The summed E-state index contributed by atoms with van der Waals surface area (Å²) in [5.41, 5.74) is 2.98. The van der Waals surface area contributed by atoms with E-state index in [1.807, 2.05) is 31.2 Å². The number of halogens is 2. The number of benzene rings is 3. The zero-order valence-electron chi connectivity index (χ0n) is 15.0. The van der Waals surface area contributed by atoms with Crippen molar-refractivity contribution in [3.8, 4) is 17.1 Å². The summed E-state index contributed by atoms with van der Waals surface area (Å²) >= 11 is 12.1. The van der Waals surface area contributed by atoms with E-state index in [1.54, 1.807) is 42.5 Å². The van der Waals surface area contributed by atoms with Crippen LogP contribution in [0, 0.1) is 6.92 Å². The van der Waals surface area contributed by atoms with Crippen molar-refractivity contribution in [2.45, 2.75) is 13.5 Å². The van der Waals surface area contributed by atoms with Gasteiger partial charge < -0.3 is 9.15 Å². The fourth-order valence-electron chi connectivity index (χ4n) is 3.03. The summed E-state index contributed by atoms with van der Waals surface area (Å²) in [5.74, 6) is 0.516. The Labute approximate surface area is 172 Å². The molecule has 0 bridgehead atoms. The molecule has 140 valence electrons. The van der Waals surface area contributed by atoms with Gasteiger partial charge in [-0.15, -0.1) is 0 Å². The third-order valence-electron chi connectivity index (χ3n) is 4.38. The molecule has 0 spiro atoms. The van der Waals surface area contributed by atoms with Crippen LogP contribution in [0.4, 0.5) is 0 Å². The van der Waals surface area contributed by atoms with Gasteiger partial charge in [0.1, 0.15) is 12.2 Å². The molecule has 0 saturated heterocycles. The van der Waals surface area contributed by atoms with Gasteiger partial charge in [-0.25, -0.2) is 0 Å².